The molecule has 1 aliphatic heterocycles. The number of nitrogens with one attached hydrogen (secondary N) is 1. The van der Waals surface area contributed by atoms with Gasteiger partial charge in [-0.15, -0.1) is 0 Å². The maximum absolute atomic E-state index is 13.0. The lowest BCUT2D eigenvalue weighted by Gasteiger charge is -2.44. The number of methoxy groups -OCH3 is 1. The van der Waals surface area contributed by atoms with Crippen LogP contribution in [0.2, 0.25) is 5.02 Å². The molecule has 1 amide bonds. The number of ether oxygens (including phenoxy) is 2. The fourth-order valence-corrected chi connectivity index (χ4v) is 9.12. The summed E-state index contributed by atoms with van der Waals surface area (Å²) >= 11 is 6.40. The van der Waals surface area contributed by atoms with Crippen molar-refractivity contribution in [1.29, 1.82) is 0 Å². The van der Waals surface area contributed by atoms with Gasteiger partial charge < -0.3 is 19.7 Å². The van der Waals surface area contributed by atoms with Crippen LogP contribution in [0.1, 0.15) is 67.4 Å². The van der Waals surface area contributed by atoms with E-state index in [9.17, 15) is 18.0 Å². The number of halogens is 1. The lowest BCUT2D eigenvalue weighted by Crippen LogP contribution is -2.49. The third kappa shape index (κ3) is 6.89. The highest BCUT2D eigenvalue weighted by atomic mass is 35.5. The van der Waals surface area contributed by atoms with Crippen LogP contribution in [0.25, 0.3) is 0 Å². The number of hydrogen-bond acceptors (Lipinski definition) is 9. The number of amides is 1. The summed E-state index contributed by atoms with van der Waals surface area (Å²) in [6.45, 7) is 5.89. The first-order valence-electron chi connectivity index (χ1n) is 16.7. The van der Waals surface area contributed by atoms with Crippen molar-refractivity contribution in [2.24, 2.45) is 17.8 Å². The van der Waals surface area contributed by atoms with Crippen molar-refractivity contribution in [2.45, 2.75) is 68.2 Å². The Kier molecular flexibility index (Phi) is 9.99. The Hall–Kier alpha value is -3.70. The molecule has 3 aromatic rings. The first-order valence-corrected chi connectivity index (χ1v) is 18.6. The van der Waals surface area contributed by atoms with Crippen LogP contribution in [0.4, 0.5) is 5.69 Å². The summed E-state index contributed by atoms with van der Waals surface area (Å²) < 4.78 is 37.6. The Morgan fingerprint density at radius 3 is 2.62 bits per heavy atom. The van der Waals surface area contributed by atoms with Gasteiger partial charge in [0.25, 0.3) is 0 Å². The second kappa shape index (κ2) is 14.0. The van der Waals surface area contributed by atoms with E-state index in [1.165, 1.54) is 30.6 Å². The second-order valence-corrected chi connectivity index (χ2v) is 16.3. The number of benzene rings is 2. The number of carbonyl (C=O) groups is 2. The lowest BCUT2D eigenvalue weighted by molar-refractivity contribution is -0.122. The van der Waals surface area contributed by atoms with E-state index < -0.39 is 27.0 Å². The van der Waals surface area contributed by atoms with Crippen LogP contribution in [0.3, 0.4) is 0 Å². The van der Waals surface area contributed by atoms with E-state index >= 15 is 0 Å². The van der Waals surface area contributed by atoms with Crippen molar-refractivity contribution in [1.82, 2.24) is 15.3 Å². The third-order valence-corrected chi connectivity index (χ3v) is 13.0. The number of nitrogens with zero attached hydrogens (tertiary/aromatic N) is 3. The van der Waals surface area contributed by atoms with Gasteiger partial charge in [-0.1, -0.05) is 24.6 Å². The van der Waals surface area contributed by atoms with Gasteiger partial charge >= 0.3 is 5.97 Å². The molecule has 2 heterocycles. The molecule has 1 fully saturated rings. The standard InChI is InChI=1S/C36H43ClN4O6S/c1-23(24(2)48(44,45)35-38-14-5-15-39-35)16-33(42)40-19-27-7-8-28(27)20-41-21-36(13-4-6-25-17-29(37)10-11-30(25)36)22-47-32-12-9-26(18-31(32)41)34(43)46-3/h5,9-12,14-15,17-18,23-24,27-28H,4,6-8,13,16,19-22H2,1-3H3,(H,40,42)/t23-,24+,27+,28+,36+/m1/s1. The highest BCUT2D eigenvalue weighted by Gasteiger charge is 2.43. The lowest BCUT2D eigenvalue weighted by atomic mass is 9.69. The molecular formula is C36H43ClN4O6S. The van der Waals surface area contributed by atoms with Gasteiger partial charge in [-0.3, -0.25) is 4.79 Å². The zero-order valence-electron chi connectivity index (χ0n) is 27.7. The zero-order valence-corrected chi connectivity index (χ0v) is 29.2. The van der Waals surface area contributed by atoms with Crippen LogP contribution in [0.5, 0.6) is 5.75 Å². The molecule has 5 atom stereocenters. The van der Waals surface area contributed by atoms with Gasteiger partial charge in [0.15, 0.2) is 0 Å². The van der Waals surface area contributed by atoms with E-state index in [0.29, 0.717) is 24.6 Å². The minimum absolute atomic E-state index is 0.0870. The number of esters is 1. The molecular weight excluding hydrogens is 652 g/mol. The maximum Gasteiger partial charge on any atom is 0.337 e. The monoisotopic (exact) mass is 694 g/mol. The zero-order chi connectivity index (χ0) is 34.1. The number of rotatable bonds is 10. The van der Waals surface area contributed by atoms with Crippen LogP contribution < -0.4 is 15.0 Å². The van der Waals surface area contributed by atoms with Gasteiger partial charge in [-0.05, 0) is 104 Å². The topological polar surface area (TPSA) is 128 Å². The van der Waals surface area contributed by atoms with Gasteiger partial charge in [0, 0.05) is 48.9 Å². The summed E-state index contributed by atoms with van der Waals surface area (Å²) in [5, 5.41) is 2.79. The molecule has 0 radical (unpaired) electrons. The Labute approximate surface area is 287 Å². The van der Waals surface area contributed by atoms with E-state index in [0.717, 1.165) is 61.7 Å². The largest absolute Gasteiger partial charge is 0.490 e. The van der Waals surface area contributed by atoms with Crippen molar-refractivity contribution in [3.63, 3.8) is 0 Å². The average molecular weight is 695 g/mol. The predicted octanol–water partition coefficient (Wildman–Crippen LogP) is 5.42. The summed E-state index contributed by atoms with van der Waals surface area (Å²) in [7, 11) is -2.38. The molecule has 1 saturated carbocycles. The summed E-state index contributed by atoms with van der Waals surface area (Å²) in [4.78, 5) is 35.8. The van der Waals surface area contributed by atoms with E-state index in [4.69, 9.17) is 21.1 Å². The highest BCUT2D eigenvalue weighted by Crippen LogP contribution is 2.46. The molecule has 1 spiro atoms. The van der Waals surface area contributed by atoms with E-state index in [-0.39, 0.29) is 28.8 Å². The molecule has 1 N–H and O–H groups in total. The summed E-state index contributed by atoms with van der Waals surface area (Å²) in [6, 6.07) is 13.2. The number of aromatic nitrogens is 2. The molecule has 3 aliphatic rings. The Morgan fingerprint density at radius 1 is 1.12 bits per heavy atom. The maximum atomic E-state index is 13.0. The van der Waals surface area contributed by atoms with Crippen molar-refractivity contribution in [3.8, 4) is 5.75 Å². The number of anilines is 1. The minimum Gasteiger partial charge on any atom is -0.490 e. The van der Waals surface area contributed by atoms with E-state index in [1.54, 1.807) is 26.0 Å². The van der Waals surface area contributed by atoms with Gasteiger partial charge in [-0.25, -0.2) is 23.2 Å². The minimum atomic E-state index is -3.76. The summed E-state index contributed by atoms with van der Waals surface area (Å²) in [5.74, 6) is 0.341. The first-order chi connectivity index (χ1) is 23.0. The molecule has 12 heteroatoms. The van der Waals surface area contributed by atoms with Gasteiger partial charge in [0.05, 0.1) is 30.2 Å². The average Bonchev–Trinajstić information content (AvgIpc) is 3.23. The van der Waals surface area contributed by atoms with Crippen molar-refractivity contribution >= 4 is 39.0 Å². The van der Waals surface area contributed by atoms with Crippen LogP contribution in [0.15, 0.2) is 60.0 Å². The van der Waals surface area contributed by atoms with Crippen molar-refractivity contribution < 1.29 is 27.5 Å². The van der Waals surface area contributed by atoms with Crippen LogP contribution >= 0.6 is 11.6 Å². The van der Waals surface area contributed by atoms with Gasteiger partial charge in [0.1, 0.15) is 5.75 Å². The smallest absolute Gasteiger partial charge is 0.337 e. The SMILES string of the molecule is COC(=O)c1ccc2c(c1)N(C[C@@H]1CC[C@H]1CNC(=O)C[C@@H](C)[C@H](C)S(=O)(=O)c1ncccn1)C[C@@]1(CCCc3cc(Cl)ccc31)CO2. The number of aryl methyl sites for hydroxylation is 1. The molecule has 48 heavy (non-hydrogen) atoms. The second-order valence-electron chi connectivity index (χ2n) is 13.6. The number of sulfone groups is 1. The Balaban J connectivity index is 1.16. The number of hydrogen-bond donors (Lipinski definition) is 1. The molecule has 1 aromatic heterocycles. The normalized spacial score (nSPS) is 23.0. The molecule has 2 aromatic carbocycles. The molecule has 10 nitrogen and oxygen atoms in total. The number of carbonyl (C=O) groups excluding carboxylic acids is 2. The molecule has 0 unspecified atom stereocenters. The van der Waals surface area contributed by atoms with E-state index in [2.05, 4.69) is 32.3 Å². The predicted molar refractivity (Wildman–Crippen MR) is 183 cm³/mol. The van der Waals surface area contributed by atoms with Crippen molar-refractivity contribution in [2.75, 3.05) is 38.3 Å². The van der Waals surface area contributed by atoms with Crippen LogP contribution in [0, 0.1) is 17.8 Å². The Morgan fingerprint density at radius 2 is 1.90 bits per heavy atom. The molecule has 0 saturated heterocycles. The number of fused-ring (bicyclic) bond motifs is 3. The van der Waals surface area contributed by atoms with Gasteiger partial charge in [-0.2, -0.15) is 0 Å². The Bertz CT molecular complexity index is 1770. The third-order valence-electron chi connectivity index (χ3n) is 10.6. The summed E-state index contributed by atoms with van der Waals surface area (Å²) in [6.07, 6.45) is 7.88. The first kappa shape index (κ1) is 34.2. The molecule has 256 valence electrons. The quantitative estimate of drug-likeness (QED) is 0.219. The fraction of sp³-hybridized carbons (Fsp3) is 0.500. The molecule has 6 rings (SSSR count). The highest BCUT2D eigenvalue weighted by molar-refractivity contribution is 7.91. The molecule has 0 bridgehead atoms. The fourth-order valence-electron chi connectivity index (χ4n) is 7.47. The molecule has 2 aliphatic carbocycles. The van der Waals surface area contributed by atoms with Crippen molar-refractivity contribution in [3.05, 3.63) is 76.6 Å². The summed E-state index contributed by atoms with van der Waals surface area (Å²) in [5.41, 5.74) is 3.63. The van der Waals surface area contributed by atoms with Crippen LogP contribution in [-0.4, -0.2) is 68.9 Å². The van der Waals surface area contributed by atoms with Crippen LogP contribution in [-0.2, 0) is 31.2 Å². The van der Waals surface area contributed by atoms with Gasteiger partial charge in [0.2, 0.25) is 20.9 Å². The van der Waals surface area contributed by atoms with E-state index in [1.807, 2.05) is 18.2 Å².